The molecule has 92 valence electrons. The molecule has 0 spiro atoms. The van der Waals surface area contributed by atoms with E-state index in [1.807, 2.05) is 30.3 Å². The molecule has 0 aromatic heterocycles. The SMILES string of the molecule is CC(=O)OC(CCc1ccccc1)C(=O)OI. The van der Waals surface area contributed by atoms with Crippen LogP contribution in [0.1, 0.15) is 18.9 Å². The van der Waals surface area contributed by atoms with Crippen LogP contribution in [0.3, 0.4) is 0 Å². The van der Waals surface area contributed by atoms with E-state index in [1.54, 1.807) is 0 Å². The Morgan fingerprint density at radius 1 is 1.29 bits per heavy atom. The summed E-state index contributed by atoms with van der Waals surface area (Å²) in [6.45, 7) is 1.27. The van der Waals surface area contributed by atoms with E-state index in [1.165, 1.54) is 29.9 Å². The lowest BCUT2D eigenvalue weighted by Gasteiger charge is -2.13. The minimum absolute atomic E-state index is 0.422. The molecule has 5 heteroatoms. The van der Waals surface area contributed by atoms with Crippen molar-refractivity contribution < 1.29 is 17.4 Å². The second kappa shape index (κ2) is 7.26. The number of esters is 1. The zero-order valence-corrected chi connectivity index (χ0v) is 11.5. The number of ether oxygens (including phenoxy) is 1. The number of carbonyl (C=O) groups excluding carboxylic acids is 2. The fourth-order valence-electron chi connectivity index (χ4n) is 1.42. The van der Waals surface area contributed by atoms with Crippen molar-refractivity contribution in [3.05, 3.63) is 35.9 Å². The van der Waals surface area contributed by atoms with Gasteiger partial charge in [0.1, 0.15) is 0 Å². The molecule has 0 saturated carbocycles. The van der Waals surface area contributed by atoms with Crippen LogP contribution in [0.4, 0.5) is 0 Å². The van der Waals surface area contributed by atoms with Crippen molar-refractivity contribution in [1.82, 2.24) is 0 Å². The summed E-state index contributed by atoms with van der Waals surface area (Å²) in [6.07, 6.45) is 0.250. The first-order chi connectivity index (χ1) is 8.13. The number of aryl methyl sites for hydroxylation is 1. The molecule has 0 bridgehead atoms. The van der Waals surface area contributed by atoms with Crippen molar-refractivity contribution >= 4 is 34.9 Å². The van der Waals surface area contributed by atoms with Gasteiger partial charge in [0, 0.05) is 6.92 Å². The van der Waals surface area contributed by atoms with Crippen LogP contribution in [0.5, 0.6) is 0 Å². The number of halogens is 1. The summed E-state index contributed by atoms with van der Waals surface area (Å²) < 4.78 is 9.46. The summed E-state index contributed by atoms with van der Waals surface area (Å²) in [7, 11) is 0. The summed E-state index contributed by atoms with van der Waals surface area (Å²) in [5.74, 6) is -1.01. The molecule has 0 heterocycles. The van der Waals surface area contributed by atoms with Gasteiger partial charge in [0.2, 0.25) is 0 Å². The molecule has 0 radical (unpaired) electrons. The summed E-state index contributed by atoms with van der Waals surface area (Å²) in [4.78, 5) is 22.2. The number of hydrogen-bond acceptors (Lipinski definition) is 4. The number of rotatable bonds is 5. The molecule has 0 N–H and O–H groups in total. The minimum atomic E-state index is -0.829. The summed E-state index contributed by atoms with van der Waals surface area (Å²) >= 11 is 1.49. The van der Waals surface area contributed by atoms with Gasteiger partial charge in [-0.25, -0.2) is 4.79 Å². The van der Waals surface area contributed by atoms with Gasteiger partial charge >= 0.3 is 11.9 Å². The van der Waals surface area contributed by atoms with Crippen molar-refractivity contribution in [3.8, 4) is 0 Å². The highest BCUT2D eigenvalue weighted by Crippen LogP contribution is 2.10. The Bertz CT molecular complexity index is 377. The van der Waals surface area contributed by atoms with Gasteiger partial charge in [-0.05, 0) is 18.4 Å². The largest absolute Gasteiger partial charge is 0.450 e. The Morgan fingerprint density at radius 3 is 2.47 bits per heavy atom. The van der Waals surface area contributed by atoms with Crippen LogP contribution in [0.15, 0.2) is 30.3 Å². The molecule has 1 atom stereocenters. The Morgan fingerprint density at radius 2 is 1.94 bits per heavy atom. The van der Waals surface area contributed by atoms with E-state index >= 15 is 0 Å². The predicted molar refractivity (Wildman–Crippen MR) is 70.4 cm³/mol. The summed E-state index contributed by atoms with van der Waals surface area (Å²) in [5.41, 5.74) is 1.09. The highest BCUT2D eigenvalue weighted by molar-refractivity contribution is 14.1. The van der Waals surface area contributed by atoms with Crippen LogP contribution < -0.4 is 0 Å². The molecule has 17 heavy (non-hydrogen) atoms. The zero-order valence-electron chi connectivity index (χ0n) is 9.39. The van der Waals surface area contributed by atoms with E-state index in [4.69, 9.17) is 4.74 Å². The molecule has 0 saturated heterocycles. The second-order valence-corrected chi connectivity index (χ2v) is 3.96. The first kappa shape index (κ1) is 14.0. The Balaban J connectivity index is 2.55. The van der Waals surface area contributed by atoms with Crippen molar-refractivity contribution in [2.45, 2.75) is 25.9 Å². The number of benzene rings is 1. The quantitative estimate of drug-likeness (QED) is 0.606. The van der Waals surface area contributed by atoms with Gasteiger partial charge in [-0.2, -0.15) is 0 Å². The Kier molecular flexibility index (Phi) is 5.96. The maximum Gasteiger partial charge on any atom is 0.356 e. The molecular formula is C12H13IO4. The molecule has 0 aliphatic carbocycles. The maximum atomic E-state index is 11.4. The molecule has 4 nitrogen and oxygen atoms in total. The smallest absolute Gasteiger partial charge is 0.356 e. The topological polar surface area (TPSA) is 52.6 Å². The van der Waals surface area contributed by atoms with E-state index in [0.717, 1.165) is 5.56 Å². The molecule has 0 aliphatic rings. The van der Waals surface area contributed by atoms with Crippen LogP contribution in [-0.2, 0) is 23.8 Å². The standard InChI is InChI=1S/C12H13IO4/c1-9(14)16-11(12(15)17-13)8-7-10-5-3-2-4-6-10/h2-6,11H,7-8H2,1H3. The first-order valence-electron chi connectivity index (χ1n) is 5.17. The van der Waals surface area contributed by atoms with Gasteiger partial charge in [-0.15, -0.1) is 0 Å². The molecule has 1 rings (SSSR count). The van der Waals surface area contributed by atoms with Crippen molar-refractivity contribution in [2.24, 2.45) is 0 Å². The molecule has 0 amide bonds. The van der Waals surface area contributed by atoms with E-state index in [2.05, 4.69) is 3.07 Å². The van der Waals surface area contributed by atoms with Crippen LogP contribution in [0.25, 0.3) is 0 Å². The van der Waals surface area contributed by atoms with Crippen LogP contribution in [0.2, 0.25) is 0 Å². The molecule has 1 aromatic carbocycles. The van der Waals surface area contributed by atoms with Crippen molar-refractivity contribution in [3.63, 3.8) is 0 Å². The predicted octanol–water partition coefficient (Wildman–Crippen LogP) is 2.44. The molecule has 0 fully saturated rings. The lowest BCUT2D eigenvalue weighted by molar-refractivity contribution is -0.159. The first-order valence-corrected chi connectivity index (χ1v) is 6.05. The van der Waals surface area contributed by atoms with E-state index in [-0.39, 0.29) is 0 Å². The monoisotopic (exact) mass is 348 g/mol. The zero-order chi connectivity index (χ0) is 12.7. The van der Waals surface area contributed by atoms with Gasteiger partial charge in [-0.3, -0.25) is 4.79 Å². The highest BCUT2D eigenvalue weighted by atomic mass is 127. The maximum absolute atomic E-state index is 11.4. The fraction of sp³-hybridized carbons (Fsp3) is 0.333. The third-order valence-electron chi connectivity index (χ3n) is 2.19. The second-order valence-electron chi connectivity index (χ2n) is 3.52. The number of hydrogen-bond donors (Lipinski definition) is 0. The van der Waals surface area contributed by atoms with Crippen molar-refractivity contribution in [1.29, 1.82) is 0 Å². The number of carbonyl (C=O) groups is 2. The highest BCUT2D eigenvalue weighted by Gasteiger charge is 2.22. The van der Waals surface area contributed by atoms with Crippen LogP contribution >= 0.6 is 23.0 Å². The molecule has 1 unspecified atom stereocenters. The van der Waals surface area contributed by atoms with E-state index in [9.17, 15) is 9.59 Å². The Hall–Kier alpha value is -1.11. The van der Waals surface area contributed by atoms with Crippen LogP contribution in [0, 0.1) is 0 Å². The lowest BCUT2D eigenvalue weighted by Crippen LogP contribution is -2.27. The van der Waals surface area contributed by atoms with E-state index in [0.29, 0.717) is 12.8 Å². The third-order valence-corrected chi connectivity index (χ3v) is 2.62. The van der Waals surface area contributed by atoms with Gasteiger partial charge in [-0.1, -0.05) is 30.3 Å². The summed E-state index contributed by atoms with van der Waals surface area (Å²) in [5, 5.41) is 0. The summed E-state index contributed by atoms with van der Waals surface area (Å²) in [6, 6.07) is 9.69. The lowest BCUT2D eigenvalue weighted by atomic mass is 10.1. The molecular weight excluding hydrogens is 335 g/mol. The van der Waals surface area contributed by atoms with E-state index < -0.39 is 18.0 Å². The van der Waals surface area contributed by atoms with Gasteiger partial charge < -0.3 is 7.80 Å². The molecule has 1 aromatic rings. The average molecular weight is 348 g/mol. The van der Waals surface area contributed by atoms with Crippen molar-refractivity contribution in [2.75, 3.05) is 0 Å². The third kappa shape index (κ3) is 5.16. The minimum Gasteiger partial charge on any atom is -0.450 e. The normalized spacial score (nSPS) is 11.6. The fourth-order valence-corrected chi connectivity index (χ4v) is 1.70. The average Bonchev–Trinajstić information content (AvgIpc) is 2.34. The van der Waals surface area contributed by atoms with Crippen LogP contribution in [-0.4, -0.2) is 18.0 Å². The molecule has 0 aliphatic heterocycles. The Labute approximate surface area is 114 Å². The van der Waals surface area contributed by atoms with Gasteiger partial charge in [0.15, 0.2) is 29.1 Å². The van der Waals surface area contributed by atoms with Gasteiger partial charge in [0.05, 0.1) is 0 Å². The van der Waals surface area contributed by atoms with Gasteiger partial charge in [0.25, 0.3) is 0 Å².